The molecule has 0 spiro atoms. The second kappa shape index (κ2) is 5.42. The fourth-order valence-corrected chi connectivity index (χ4v) is 4.85. The molecule has 0 amide bonds. The van der Waals surface area contributed by atoms with Crippen LogP contribution in [0.3, 0.4) is 0 Å². The molecule has 0 radical (unpaired) electrons. The second-order valence-electron chi connectivity index (χ2n) is 5.20. The van der Waals surface area contributed by atoms with Gasteiger partial charge in [-0.25, -0.2) is 0 Å². The molecular weight excluding hydrogens is 216 g/mol. The van der Waals surface area contributed by atoms with Crippen molar-refractivity contribution in [2.45, 2.75) is 67.4 Å². The van der Waals surface area contributed by atoms with Gasteiger partial charge in [-0.05, 0) is 45.6 Å². The number of nitrogens with zero attached hydrogens (tertiary/aromatic N) is 1. The molecule has 2 aliphatic carbocycles. The Morgan fingerprint density at radius 1 is 1.19 bits per heavy atom. The van der Waals surface area contributed by atoms with Crippen molar-refractivity contribution >= 4 is 11.8 Å². The van der Waals surface area contributed by atoms with Crippen molar-refractivity contribution in [2.75, 3.05) is 7.05 Å². The normalized spacial score (nSPS) is 36.1. The highest BCUT2D eigenvalue weighted by Gasteiger charge is 2.36. The standard InChI is InChI=1S/C13H22N2S/c1-15-13(10-14)8-4-7-12(9-13)16-11-5-2-3-6-11/h11-12,15H,2-9H2,1H3. The first-order valence-electron chi connectivity index (χ1n) is 6.54. The van der Waals surface area contributed by atoms with Crippen molar-refractivity contribution < 1.29 is 0 Å². The van der Waals surface area contributed by atoms with Gasteiger partial charge in [0.15, 0.2) is 0 Å². The van der Waals surface area contributed by atoms with Crippen LogP contribution in [-0.2, 0) is 0 Å². The summed E-state index contributed by atoms with van der Waals surface area (Å²) in [5.74, 6) is 0. The summed E-state index contributed by atoms with van der Waals surface area (Å²) < 4.78 is 0. The molecule has 1 N–H and O–H groups in total. The average molecular weight is 238 g/mol. The zero-order chi connectivity index (χ0) is 11.4. The van der Waals surface area contributed by atoms with Crippen LogP contribution < -0.4 is 5.32 Å². The van der Waals surface area contributed by atoms with Crippen molar-refractivity contribution in [2.24, 2.45) is 0 Å². The van der Waals surface area contributed by atoms with Crippen LogP contribution in [0.1, 0.15) is 51.4 Å². The lowest BCUT2D eigenvalue weighted by Gasteiger charge is -2.36. The maximum atomic E-state index is 9.30. The van der Waals surface area contributed by atoms with Gasteiger partial charge in [0.2, 0.25) is 0 Å². The van der Waals surface area contributed by atoms with E-state index in [1.807, 2.05) is 7.05 Å². The van der Waals surface area contributed by atoms with Crippen molar-refractivity contribution in [3.05, 3.63) is 0 Å². The molecule has 0 aromatic heterocycles. The topological polar surface area (TPSA) is 35.8 Å². The van der Waals surface area contributed by atoms with E-state index in [4.69, 9.17) is 0 Å². The Morgan fingerprint density at radius 2 is 1.88 bits per heavy atom. The van der Waals surface area contributed by atoms with Crippen LogP contribution in [0.25, 0.3) is 0 Å². The maximum absolute atomic E-state index is 9.30. The van der Waals surface area contributed by atoms with Crippen LogP contribution in [0, 0.1) is 11.3 Å². The molecule has 90 valence electrons. The van der Waals surface area contributed by atoms with Gasteiger partial charge in [0.25, 0.3) is 0 Å². The van der Waals surface area contributed by atoms with Crippen molar-refractivity contribution in [1.82, 2.24) is 5.32 Å². The second-order valence-corrected chi connectivity index (χ2v) is 6.81. The van der Waals surface area contributed by atoms with Crippen LogP contribution in [0.2, 0.25) is 0 Å². The molecule has 0 aromatic carbocycles. The van der Waals surface area contributed by atoms with Crippen LogP contribution in [0.5, 0.6) is 0 Å². The monoisotopic (exact) mass is 238 g/mol. The Morgan fingerprint density at radius 3 is 2.50 bits per heavy atom. The molecule has 0 saturated heterocycles. The van der Waals surface area contributed by atoms with E-state index in [-0.39, 0.29) is 5.54 Å². The third-order valence-corrected chi connectivity index (χ3v) is 5.73. The quantitative estimate of drug-likeness (QED) is 0.820. The summed E-state index contributed by atoms with van der Waals surface area (Å²) in [7, 11) is 1.94. The lowest BCUT2D eigenvalue weighted by molar-refractivity contribution is 0.323. The van der Waals surface area contributed by atoms with Gasteiger partial charge in [-0.2, -0.15) is 17.0 Å². The first-order chi connectivity index (χ1) is 7.78. The Hall–Kier alpha value is -0.200. The Labute approximate surface area is 103 Å². The fourth-order valence-electron chi connectivity index (χ4n) is 3.02. The molecule has 2 rings (SSSR count). The molecule has 0 aromatic rings. The van der Waals surface area contributed by atoms with E-state index in [0.29, 0.717) is 5.25 Å². The fraction of sp³-hybridized carbons (Fsp3) is 0.923. The van der Waals surface area contributed by atoms with Crippen molar-refractivity contribution in [3.63, 3.8) is 0 Å². The number of hydrogen-bond acceptors (Lipinski definition) is 3. The van der Waals surface area contributed by atoms with Crippen molar-refractivity contribution in [3.8, 4) is 6.07 Å². The molecule has 2 aliphatic rings. The molecule has 16 heavy (non-hydrogen) atoms. The SMILES string of the molecule is CNC1(C#N)CCCC(SC2CCCC2)C1. The number of hydrogen-bond donors (Lipinski definition) is 1. The van der Waals surface area contributed by atoms with E-state index < -0.39 is 0 Å². The maximum Gasteiger partial charge on any atom is 0.107 e. The number of nitriles is 1. The third-order valence-electron chi connectivity index (χ3n) is 4.09. The summed E-state index contributed by atoms with van der Waals surface area (Å²) in [5, 5.41) is 14.1. The van der Waals surface area contributed by atoms with E-state index >= 15 is 0 Å². The summed E-state index contributed by atoms with van der Waals surface area (Å²) in [6, 6.07) is 2.50. The molecular formula is C13H22N2S. The zero-order valence-corrected chi connectivity index (χ0v) is 11.0. The van der Waals surface area contributed by atoms with Crippen LogP contribution in [-0.4, -0.2) is 23.1 Å². The van der Waals surface area contributed by atoms with Gasteiger partial charge < -0.3 is 5.32 Å². The average Bonchev–Trinajstić information content (AvgIpc) is 2.82. The van der Waals surface area contributed by atoms with E-state index in [0.717, 1.165) is 18.1 Å². The van der Waals surface area contributed by atoms with Gasteiger partial charge in [-0.15, -0.1) is 0 Å². The summed E-state index contributed by atoms with van der Waals surface area (Å²) in [5.41, 5.74) is -0.228. The lowest BCUT2D eigenvalue weighted by Crippen LogP contribution is -2.46. The minimum atomic E-state index is -0.228. The molecule has 2 fully saturated rings. The van der Waals surface area contributed by atoms with E-state index in [1.165, 1.54) is 38.5 Å². The third kappa shape index (κ3) is 2.73. The predicted octanol–water partition coefficient (Wildman–Crippen LogP) is 3.09. The Bertz CT molecular complexity index is 268. The highest BCUT2D eigenvalue weighted by atomic mass is 32.2. The van der Waals surface area contributed by atoms with E-state index in [2.05, 4.69) is 23.1 Å². The molecule has 2 atom stereocenters. The smallest absolute Gasteiger partial charge is 0.107 e. The van der Waals surface area contributed by atoms with Gasteiger partial charge in [0.05, 0.1) is 6.07 Å². The minimum absolute atomic E-state index is 0.228. The first kappa shape index (κ1) is 12.3. The molecule has 2 saturated carbocycles. The Kier molecular flexibility index (Phi) is 4.16. The molecule has 2 nitrogen and oxygen atoms in total. The van der Waals surface area contributed by atoms with Crippen LogP contribution in [0.15, 0.2) is 0 Å². The van der Waals surface area contributed by atoms with Crippen LogP contribution in [0.4, 0.5) is 0 Å². The lowest BCUT2D eigenvalue weighted by atomic mass is 9.83. The number of rotatable bonds is 3. The number of nitrogens with one attached hydrogen (secondary N) is 1. The van der Waals surface area contributed by atoms with Crippen LogP contribution >= 0.6 is 11.8 Å². The molecule has 0 bridgehead atoms. The van der Waals surface area contributed by atoms with Gasteiger partial charge >= 0.3 is 0 Å². The minimum Gasteiger partial charge on any atom is -0.302 e. The van der Waals surface area contributed by atoms with E-state index in [1.54, 1.807) is 0 Å². The zero-order valence-electron chi connectivity index (χ0n) is 10.2. The summed E-state index contributed by atoms with van der Waals surface area (Å²) >= 11 is 2.17. The summed E-state index contributed by atoms with van der Waals surface area (Å²) in [4.78, 5) is 0. The Balaban J connectivity index is 1.88. The molecule has 0 aliphatic heterocycles. The molecule has 2 unspecified atom stereocenters. The highest BCUT2D eigenvalue weighted by molar-refractivity contribution is 8.00. The molecule has 3 heteroatoms. The predicted molar refractivity (Wildman–Crippen MR) is 69.5 cm³/mol. The van der Waals surface area contributed by atoms with Gasteiger partial charge in [0.1, 0.15) is 5.54 Å². The molecule has 0 heterocycles. The van der Waals surface area contributed by atoms with Crippen molar-refractivity contribution in [1.29, 1.82) is 5.26 Å². The van der Waals surface area contributed by atoms with Gasteiger partial charge in [-0.3, -0.25) is 0 Å². The number of thioether (sulfide) groups is 1. The van der Waals surface area contributed by atoms with Gasteiger partial charge in [0, 0.05) is 10.5 Å². The summed E-state index contributed by atoms with van der Waals surface area (Å²) in [6.45, 7) is 0. The first-order valence-corrected chi connectivity index (χ1v) is 7.48. The highest BCUT2D eigenvalue weighted by Crippen LogP contribution is 2.40. The van der Waals surface area contributed by atoms with E-state index in [9.17, 15) is 5.26 Å². The largest absolute Gasteiger partial charge is 0.302 e. The summed E-state index contributed by atoms with van der Waals surface area (Å²) in [6.07, 6.45) is 10.2. The van der Waals surface area contributed by atoms with Gasteiger partial charge in [-0.1, -0.05) is 12.8 Å².